The number of hydrogen-bond donors (Lipinski definition) is 0. The Morgan fingerprint density at radius 3 is 2.33 bits per heavy atom. The van der Waals surface area contributed by atoms with E-state index in [0.29, 0.717) is 0 Å². The van der Waals surface area contributed by atoms with Crippen molar-refractivity contribution in [2.45, 2.75) is 31.6 Å². The van der Waals surface area contributed by atoms with E-state index < -0.39 is 0 Å². The van der Waals surface area contributed by atoms with Crippen LogP contribution >= 0.6 is 12.4 Å². The van der Waals surface area contributed by atoms with Gasteiger partial charge in [0.15, 0.2) is 0 Å². The molecule has 2 heteroatoms. The van der Waals surface area contributed by atoms with E-state index in [0.717, 1.165) is 5.92 Å². The largest absolute Gasteiger partial charge is 0.371 e. The van der Waals surface area contributed by atoms with Gasteiger partial charge in [-0.05, 0) is 43.2 Å². The van der Waals surface area contributed by atoms with Gasteiger partial charge in [0, 0.05) is 18.8 Å². The summed E-state index contributed by atoms with van der Waals surface area (Å²) in [7, 11) is 0. The number of para-hydroxylation sites is 1. The molecule has 0 amide bonds. The Balaban J connectivity index is 0.000000853. The predicted molar refractivity (Wildman–Crippen MR) is 67.1 cm³/mol. The van der Waals surface area contributed by atoms with Gasteiger partial charge in [-0.1, -0.05) is 18.2 Å². The lowest BCUT2D eigenvalue weighted by Gasteiger charge is -2.21. The molecule has 1 saturated carbocycles. The van der Waals surface area contributed by atoms with E-state index >= 15 is 0 Å². The van der Waals surface area contributed by atoms with E-state index in [1.165, 1.54) is 44.5 Å². The van der Waals surface area contributed by atoms with Gasteiger partial charge in [-0.2, -0.15) is 0 Å². The minimum Gasteiger partial charge on any atom is -0.371 e. The third-order valence-corrected chi connectivity index (χ3v) is 3.40. The summed E-state index contributed by atoms with van der Waals surface area (Å²) in [5.41, 5.74) is 3.13. The Labute approximate surface area is 97.9 Å². The van der Waals surface area contributed by atoms with Gasteiger partial charge >= 0.3 is 0 Å². The Bertz CT molecular complexity index is 327. The van der Waals surface area contributed by atoms with Crippen LogP contribution in [0.3, 0.4) is 0 Å². The summed E-state index contributed by atoms with van der Waals surface area (Å²) in [6, 6.07) is 9.00. The van der Waals surface area contributed by atoms with E-state index in [-0.39, 0.29) is 12.4 Å². The molecule has 0 atom stereocenters. The molecule has 2 fully saturated rings. The smallest absolute Gasteiger partial charge is 0.0401 e. The molecule has 0 unspecified atom stereocenters. The van der Waals surface area contributed by atoms with Gasteiger partial charge in [0.25, 0.3) is 0 Å². The van der Waals surface area contributed by atoms with Crippen molar-refractivity contribution in [2.24, 2.45) is 0 Å². The summed E-state index contributed by atoms with van der Waals surface area (Å²) < 4.78 is 0. The normalized spacial score (nSPS) is 20.1. The van der Waals surface area contributed by atoms with Gasteiger partial charge in [-0.3, -0.25) is 0 Å². The minimum atomic E-state index is 0. The predicted octanol–water partition coefficient (Wildman–Crippen LogP) is 3.59. The fourth-order valence-corrected chi connectivity index (χ4v) is 2.47. The van der Waals surface area contributed by atoms with Crippen LogP contribution in [0.5, 0.6) is 0 Å². The van der Waals surface area contributed by atoms with Gasteiger partial charge in [0.1, 0.15) is 0 Å². The Hall–Kier alpha value is -0.690. The second kappa shape index (κ2) is 4.44. The summed E-state index contributed by atoms with van der Waals surface area (Å²) in [4.78, 5) is 2.56. The second-order valence-electron chi connectivity index (χ2n) is 4.53. The first-order valence-electron chi connectivity index (χ1n) is 5.79. The summed E-state index contributed by atoms with van der Waals surface area (Å²) in [5.74, 6) is 0.881. The molecule has 1 saturated heterocycles. The fourth-order valence-electron chi connectivity index (χ4n) is 2.47. The molecule has 3 rings (SSSR count). The van der Waals surface area contributed by atoms with E-state index in [2.05, 4.69) is 29.2 Å². The molecule has 0 radical (unpaired) electrons. The highest BCUT2D eigenvalue weighted by molar-refractivity contribution is 5.85. The highest BCUT2D eigenvalue weighted by atomic mass is 35.5. The number of rotatable bonds is 2. The zero-order valence-electron chi connectivity index (χ0n) is 8.98. The molecule has 82 valence electrons. The third-order valence-electron chi connectivity index (χ3n) is 3.40. The summed E-state index contributed by atoms with van der Waals surface area (Å²) in [5, 5.41) is 0. The number of halogens is 1. The van der Waals surface area contributed by atoms with Crippen molar-refractivity contribution in [1.29, 1.82) is 0 Å². The van der Waals surface area contributed by atoms with Crippen LogP contribution in [-0.2, 0) is 0 Å². The summed E-state index contributed by atoms with van der Waals surface area (Å²) in [6.45, 7) is 2.54. The lowest BCUT2D eigenvalue weighted by atomic mass is 10.1. The highest BCUT2D eigenvalue weighted by Crippen LogP contribution is 2.44. The SMILES string of the molecule is Cl.c1ccc(N2CCCC2)c(C2CC2)c1. The van der Waals surface area contributed by atoms with Crippen LogP contribution in [0.15, 0.2) is 24.3 Å². The Morgan fingerprint density at radius 1 is 1.00 bits per heavy atom. The number of benzene rings is 1. The average Bonchev–Trinajstić information content (AvgIpc) is 2.94. The van der Waals surface area contributed by atoms with Crippen LogP contribution in [0.25, 0.3) is 0 Å². The van der Waals surface area contributed by atoms with Crippen molar-refractivity contribution in [1.82, 2.24) is 0 Å². The van der Waals surface area contributed by atoms with Crippen LogP contribution in [0.1, 0.15) is 37.2 Å². The van der Waals surface area contributed by atoms with Crippen molar-refractivity contribution < 1.29 is 0 Å². The standard InChI is InChI=1S/C13H17N.ClH/c1-2-6-13(14-9-3-4-10-14)12(5-1)11-7-8-11;/h1-2,5-6,11H,3-4,7-10H2;1H. The van der Waals surface area contributed by atoms with Crippen molar-refractivity contribution in [3.63, 3.8) is 0 Å². The van der Waals surface area contributed by atoms with Gasteiger partial charge < -0.3 is 4.90 Å². The van der Waals surface area contributed by atoms with Crippen LogP contribution in [-0.4, -0.2) is 13.1 Å². The van der Waals surface area contributed by atoms with E-state index in [1.54, 1.807) is 5.56 Å². The number of nitrogens with zero attached hydrogens (tertiary/aromatic N) is 1. The molecule has 0 aromatic heterocycles. The average molecular weight is 224 g/mol. The molecule has 1 aliphatic carbocycles. The van der Waals surface area contributed by atoms with Crippen molar-refractivity contribution >= 4 is 18.1 Å². The number of anilines is 1. The van der Waals surface area contributed by atoms with Crippen LogP contribution in [0, 0.1) is 0 Å². The molecular weight excluding hydrogens is 206 g/mol. The lowest BCUT2D eigenvalue weighted by molar-refractivity contribution is 0.946. The van der Waals surface area contributed by atoms with Gasteiger partial charge in [0.2, 0.25) is 0 Å². The summed E-state index contributed by atoms with van der Waals surface area (Å²) in [6.07, 6.45) is 5.56. The van der Waals surface area contributed by atoms with E-state index in [4.69, 9.17) is 0 Å². The maximum Gasteiger partial charge on any atom is 0.0401 e. The monoisotopic (exact) mass is 223 g/mol. The highest BCUT2D eigenvalue weighted by Gasteiger charge is 2.27. The zero-order valence-corrected chi connectivity index (χ0v) is 9.80. The van der Waals surface area contributed by atoms with Crippen LogP contribution in [0.2, 0.25) is 0 Å². The van der Waals surface area contributed by atoms with Gasteiger partial charge in [-0.25, -0.2) is 0 Å². The molecule has 15 heavy (non-hydrogen) atoms. The van der Waals surface area contributed by atoms with E-state index in [9.17, 15) is 0 Å². The van der Waals surface area contributed by atoms with E-state index in [1.807, 2.05) is 0 Å². The van der Waals surface area contributed by atoms with Crippen molar-refractivity contribution in [3.05, 3.63) is 29.8 Å². The maximum atomic E-state index is 2.56. The van der Waals surface area contributed by atoms with Crippen LogP contribution in [0.4, 0.5) is 5.69 Å². The molecule has 1 aliphatic heterocycles. The Kier molecular flexibility index (Phi) is 3.20. The van der Waals surface area contributed by atoms with Gasteiger partial charge in [0.05, 0.1) is 0 Å². The van der Waals surface area contributed by atoms with Gasteiger partial charge in [-0.15, -0.1) is 12.4 Å². The first-order valence-corrected chi connectivity index (χ1v) is 5.79. The molecule has 0 spiro atoms. The zero-order chi connectivity index (χ0) is 9.38. The molecule has 1 heterocycles. The molecule has 0 N–H and O–H groups in total. The van der Waals surface area contributed by atoms with Crippen LogP contribution < -0.4 is 4.90 Å². The second-order valence-corrected chi connectivity index (χ2v) is 4.53. The molecule has 1 aromatic carbocycles. The maximum absolute atomic E-state index is 2.56. The first-order chi connectivity index (χ1) is 6.95. The molecule has 0 bridgehead atoms. The van der Waals surface area contributed by atoms with Crippen molar-refractivity contribution in [3.8, 4) is 0 Å². The topological polar surface area (TPSA) is 3.24 Å². The number of hydrogen-bond acceptors (Lipinski definition) is 1. The molecule has 1 nitrogen and oxygen atoms in total. The lowest BCUT2D eigenvalue weighted by Crippen LogP contribution is -2.18. The third kappa shape index (κ3) is 2.12. The molecule has 1 aromatic rings. The quantitative estimate of drug-likeness (QED) is 0.741. The first kappa shape index (κ1) is 10.8. The molecule has 2 aliphatic rings. The van der Waals surface area contributed by atoms with Crippen molar-refractivity contribution in [2.75, 3.05) is 18.0 Å². The Morgan fingerprint density at radius 2 is 1.67 bits per heavy atom. The molecular formula is C13H18ClN. The summed E-state index contributed by atoms with van der Waals surface area (Å²) >= 11 is 0. The minimum absolute atomic E-state index is 0. The fraction of sp³-hybridized carbons (Fsp3) is 0.538.